The molecule has 0 saturated heterocycles. The van der Waals surface area contributed by atoms with Crippen molar-refractivity contribution in [1.82, 2.24) is 0 Å². The minimum Gasteiger partial charge on any atom is -0.496 e. The smallest absolute Gasteiger partial charge is 0.123 e. The lowest BCUT2D eigenvalue weighted by Gasteiger charge is -2.15. The first kappa shape index (κ1) is 13.8. The Bertz CT molecular complexity index is 355. The molecule has 16 heavy (non-hydrogen) atoms. The number of ether oxygens (including phenoxy) is 1. The average Bonchev–Trinajstić information content (AvgIpc) is 3.01. The molecule has 0 heterocycles. The van der Waals surface area contributed by atoms with Crippen molar-refractivity contribution in [3.8, 4) is 5.75 Å². The summed E-state index contributed by atoms with van der Waals surface area (Å²) in [7, 11) is 1.69. The van der Waals surface area contributed by atoms with Crippen molar-refractivity contribution in [1.29, 1.82) is 0 Å². The van der Waals surface area contributed by atoms with Gasteiger partial charge in [-0.05, 0) is 30.5 Å². The van der Waals surface area contributed by atoms with E-state index in [4.69, 9.17) is 10.5 Å². The molecule has 1 aliphatic rings. The Balaban J connectivity index is 0.00000128. The lowest BCUT2D eigenvalue weighted by Crippen LogP contribution is -2.12. The summed E-state index contributed by atoms with van der Waals surface area (Å²) < 4.78 is 6.38. The number of halogens is 2. The van der Waals surface area contributed by atoms with Crippen LogP contribution in [0.4, 0.5) is 0 Å². The molecule has 2 rings (SSSR count). The van der Waals surface area contributed by atoms with Crippen molar-refractivity contribution < 1.29 is 4.74 Å². The summed E-state index contributed by atoms with van der Waals surface area (Å²) in [6.45, 7) is 0. The number of hydrogen-bond acceptors (Lipinski definition) is 2. The molecule has 1 aromatic carbocycles. The van der Waals surface area contributed by atoms with Crippen molar-refractivity contribution in [3.63, 3.8) is 0 Å². The zero-order valence-corrected chi connectivity index (χ0v) is 11.7. The van der Waals surface area contributed by atoms with Gasteiger partial charge in [-0.25, -0.2) is 0 Å². The second kappa shape index (κ2) is 5.89. The summed E-state index contributed by atoms with van der Waals surface area (Å²) in [5, 5.41) is 0. The predicted molar refractivity (Wildman–Crippen MR) is 72.2 cm³/mol. The van der Waals surface area contributed by atoms with Crippen LogP contribution in [0, 0.1) is 5.92 Å². The Hall–Kier alpha value is -0.250. The van der Waals surface area contributed by atoms with E-state index in [1.165, 1.54) is 12.8 Å². The predicted octanol–water partition coefficient (Wildman–Crippen LogP) is 3.68. The maximum Gasteiger partial charge on any atom is 0.123 e. The van der Waals surface area contributed by atoms with Gasteiger partial charge in [0.1, 0.15) is 5.75 Å². The van der Waals surface area contributed by atoms with Crippen LogP contribution < -0.4 is 10.5 Å². The molecule has 0 spiro atoms. The Morgan fingerprint density at radius 2 is 2.19 bits per heavy atom. The first-order chi connectivity index (χ1) is 7.20. The van der Waals surface area contributed by atoms with E-state index in [0.29, 0.717) is 0 Å². The molecule has 0 aromatic heterocycles. The van der Waals surface area contributed by atoms with Gasteiger partial charge in [-0.15, -0.1) is 12.4 Å². The zero-order chi connectivity index (χ0) is 10.8. The lowest BCUT2D eigenvalue weighted by atomic mass is 10.0. The van der Waals surface area contributed by atoms with Crippen LogP contribution in [0.2, 0.25) is 0 Å². The first-order valence-electron chi connectivity index (χ1n) is 5.29. The molecule has 1 fully saturated rings. The van der Waals surface area contributed by atoms with E-state index in [0.717, 1.165) is 28.1 Å². The topological polar surface area (TPSA) is 35.2 Å². The molecule has 1 aromatic rings. The van der Waals surface area contributed by atoms with Crippen LogP contribution in [-0.4, -0.2) is 7.11 Å². The molecule has 0 aliphatic heterocycles. The number of benzene rings is 1. The first-order valence-corrected chi connectivity index (χ1v) is 6.09. The van der Waals surface area contributed by atoms with Crippen molar-refractivity contribution >= 4 is 28.3 Å². The van der Waals surface area contributed by atoms with Gasteiger partial charge in [0.25, 0.3) is 0 Å². The molecule has 0 amide bonds. The molecular weight excluding hydrogens is 289 g/mol. The van der Waals surface area contributed by atoms with Gasteiger partial charge in [0.15, 0.2) is 0 Å². The maximum absolute atomic E-state index is 6.18. The number of nitrogens with two attached hydrogens (primary N) is 1. The van der Waals surface area contributed by atoms with Crippen LogP contribution in [0.3, 0.4) is 0 Å². The largest absolute Gasteiger partial charge is 0.496 e. The maximum atomic E-state index is 6.18. The molecule has 0 radical (unpaired) electrons. The van der Waals surface area contributed by atoms with Crippen molar-refractivity contribution in [2.45, 2.75) is 25.3 Å². The summed E-state index contributed by atoms with van der Waals surface area (Å²) in [4.78, 5) is 0. The van der Waals surface area contributed by atoms with Crippen LogP contribution in [0.1, 0.15) is 30.9 Å². The third-order valence-corrected chi connectivity index (χ3v) is 3.37. The van der Waals surface area contributed by atoms with Crippen molar-refractivity contribution in [2.75, 3.05) is 7.11 Å². The third-order valence-electron chi connectivity index (χ3n) is 2.88. The van der Waals surface area contributed by atoms with Gasteiger partial charge in [0.05, 0.1) is 7.11 Å². The minimum absolute atomic E-state index is 0. The van der Waals surface area contributed by atoms with Crippen LogP contribution >= 0.6 is 28.3 Å². The fraction of sp³-hybridized carbons (Fsp3) is 0.500. The standard InChI is InChI=1S/C12H16BrNO.ClH/c1-15-12-5-4-9(13)7-10(12)11(14)6-8-2-3-8;/h4-5,7-8,11H,2-3,6,14H2,1H3;1H/t11-;/m1./s1. The second-order valence-electron chi connectivity index (χ2n) is 4.17. The summed E-state index contributed by atoms with van der Waals surface area (Å²) >= 11 is 3.46. The molecule has 1 atom stereocenters. The van der Waals surface area contributed by atoms with E-state index in [-0.39, 0.29) is 18.4 Å². The minimum atomic E-state index is 0. The Morgan fingerprint density at radius 1 is 1.50 bits per heavy atom. The number of methoxy groups -OCH3 is 1. The average molecular weight is 307 g/mol. The Kier molecular flexibility index (Phi) is 5.09. The molecule has 1 aliphatic carbocycles. The normalized spacial score (nSPS) is 16.4. The highest BCUT2D eigenvalue weighted by Crippen LogP contribution is 2.39. The highest BCUT2D eigenvalue weighted by molar-refractivity contribution is 9.10. The van der Waals surface area contributed by atoms with Gasteiger partial charge in [-0.1, -0.05) is 28.8 Å². The molecular formula is C12H17BrClNO. The van der Waals surface area contributed by atoms with E-state index >= 15 is 0 Å². The van der Waals surface area contributed by atoms with Crippen molar-refractivity contribution in [2.24, 2.45) is 11.7 Å². The summed E-state index contributed by atoms with van der Waals surface area (Å²) in [6.07, 6.45) is 3.75. The highest BCUT2D eigenvalue weighted by Gasteiger charge is 2.25. The molecule has 2 N–H and O–H groups in total. The second-order valence-corrected chi connectivity index (χ2v) is 5.09. The van der Waals surface area contributed by atoms with Gasteiger partial charge in [0, 0.05) is 16.1 Å². The molecule has 2 nitrogen and oxygen atoms in total. The van der Waals surface area contributed by atoms with Gasteiger partial charge in [0.2, 0.25) is 0 Å². The Labute approximate surface area is 111 Å². The van der Waals surface area contributed by atoms with Gasteiger partial charge in [-0.2, -0.15) is 0 Å². The third kappa shape index (κ3) is 3.37. The molecule has 90 valence electrons. The number of rotatable bonds is 4. The zero-order valence-electron chi connectivity index (χ0n) is 9.28. The van der Waals surface area contributed by atoms with E-state index in [2.05, 4.69) is 22.0 Å². The van der Waals surface area contributed by atoms with Crippen LogP contribution in [0.15, 0.2) is 22.7 Å². The van der Waals surface area contributed by atoms with E-state index < -0.39 is 0 Å². The van der Waals surface area contributed by atoms with Crippen molar-refractivity contribution in [3.05, 3.63) is 28.2 Å². The van der Waals surface area contributed by atoms with Crippen LogP contribution in [-0.2, 0) is 0 Å². The monoisotopic (exact) mass is 305 g/mol. The van der Waals surface area contributed by atoms with E-state index in [1.807, 2.05) is 12.1 Å². The number of hydrogen-bond donors (Lipinski definition) is 1. The SMILES string of the molecule is COc1ccc(Br)cc1[C@H](N)CC1CC1.Cl. The summed E-state index contributed by atoms with van der Waals surface area (Å²) in [5.41, 5.74) is 7.29. The lowest BCUT2D eigenvalue weighted by molar-refractivity contribution is 0.403. The van der Waals surface area contributed by atoms with Gasteiger partial charge in [-0.3, -0.25) is 0 Å². The molecule has 4 heteroatoms. The molecule has 0 bridgehead atoms. The van der Waals surface area contributed by atoms with Crippen LogP contribution in [0.25, 0.3) is 0 Å². The molecule has 0 unspecified atom stereocenters. The van der Waals surface area contributed by atoms with E-state index in [1.54, 1.807) is 7.11 Å². The fourth-order valence-corrected chi connectivity index (χ4v) is 2.21. The van der Waals surface area contributed by atoms with Gasteiger partial charge < -0.3 is 10.5 Å². The molecule has 1 saturated carbocycles. The summed E-state index contributed by atoms with van der Waals surface area (Å²) in [6, 6.07) is 6.11. The highest BCUT2D eigenvalue weighted by atomic mass is 79.9. The quantitative estimate of drug-likeness (QED) is 0.921. The fourth-order valence-electron chi connectivity index (χ4n) is 1.83. The summed E-state index contributed by atoms with van der Waals surface area (Å²) in [5.74, 6) is 1.73. The van der Waals surface area contributed by atoms with Gasteiger partial charge >= 0.3 is 0 Å². The Morgan fingerprint density at radius 3 is 2.75 bits per heavy atom. The van der Waals surface area contributed by atoms with E-state index in [9.17, 15) is 0 Å². The van der Waals surface area contributed by atoms with Crippen LogP contribution in [0.5, 0.6) is 5.75 Å².